The molecule has 0 unspecified atom stereocenters. The van der Waals surface area contributed by atoms with E-state index in [1.54, 1.807) is 37.9 Å². The van der Waals surface area contributed by atoms with Crippen molar-refractivity contribution in [3.8, 4) is 0 Å². The minimum absolute atomic E-state index is 0.0568. The molecule has 3 heterocycles. The zero-order valence-corrected chi connectivity index (χ0v) is 19.8. The maximum Gasteiger partial charge on any atom is 0.244 e. The number of nitrogens with zero attached hydrogens (tertiary/aromatic N) is 5. The zero-order chi connectivity index (χ0) is 23.7. The van der Waals surface area contributed by atoms with Crippen molar-refractivity contribution in [3.05, 3.63) is 48.0 Å². The molecular weight excluding hydrogens is 442 g/mol. The van der Waals surface area contributed by atoms with Crippen LogP contribution in [0.3, 0.4) is 0 Å². The van der Waals surface area contributed by atoms with E-state index in [-0.39, 0.29) is 23.3 Å². The van der Waals surface area contributed by atoms with Gasteiger partial charge in [0.05, 0.1) is 27.9 Å². The van der Waals surface area contributed by atoms with Gasteiger partial charge in [0, 0.05) is 32.9 Å². The number of carbonyl (C=O) groups excluding carboxylic acids is 2. The molecule has 0 radical (unpaired) electrons. The van der Waals surface area contributed by atoms with Gasteiger partial charge in [0.25, 0.3) is 0 Å². The fourth-order valence-electron chi connectivity index (χ4n) is 4.68. The summed E-state index contributed by atoms with van der Waals surface area (Å²) in [5.41, 5.74) is 2.27. The predicted octanol–water partition coefficient (Wildman–Crippen LogP) is 1.96. The number of para-hydroxylation sites is 2. The molecule has 0 saturated heterocycles. The second-order valence-corrected chi connectivity index (χ2v) is 11.1. The normalized spacial score (nSPS) is 17.2. The number of anilines is 2. The highest BCUT2D eigenvalue weighted by molar-refractivity contribution is 7.89. The van der Waals surface area contributed by atoms with E-state index in [9.17, 15) is 18.0 Å². The smallest absolute Gasteiger partial charge is 0.244 e. The Morgan fingerprint density at radius 1 is 1.15 bits per heavy atom. The van der Waals surface area contributed by atoms with Crippen molar-refractivity contribution in [1.82, 2.24) is 13.9 Å². The zero-order valence-electron chi connectivity index (χ0n) is 18.9. The topological polar surface area (TPSA) is 95.8 Å². The molecule has 0 fully saturated rings. The van der Waals surface area contributed by atoms with Gasteiger partial charge in [-0.3, -0.25) is 14.5 Å². The molecule has 0 atom stereocenters. The first-order chi connectivity index (χ1) is 15.5. The standard InChI is InChI=1S/C23H25N5O4S/c1-23(2)16-13-15(9-10-18(16)26(4)21(23)30)33(31,32)25(3)14-20(29)28-12-11-27-19-8-6-5-7-17(19)24-22(27)28/h5-10,13H,11-12,14H2,1-4H3. The van der Waals surface area contributed by atoms with Crippen molar-refractivity contribution in [2.24, 2.45) is 0 Å². The molecule has 2 amide bonds. The van der Waals surface area contributed by atoms with E-state index in [1.165, 1.54) is 18.0 Å². The Morgan fingerprint density at radius 2 is 1.88 bits per heavy atom. The quantitative estimate of drug-likeness (QED) is 0.585. The fraction of sp³-hybridized carbons (Fsp3) is 0.348. The number of rotatable bonds is 4. The van der Waals surface area contributed by atoms with E-state index in [0.29, 0.717) is 30.3 Å². The number of carbonyl (C=O) groups is 2. The first-order valence-electron chi connectivity index (χ1n) is 10.7. The largest absolute Gasteiger partial charge is 0.314 e. The molecule has 2 aliphatic heterocycles. The van der Waals surface area contributed by atoms with Crippen molar-refractivity contribution >= 4 is 44.5 Å². The lowest BCUT2D eigenvalue weighted by Gasteiger charge is -2.21. The van der Waals surface area contributed by atoms with E-state index < -0.39 is 15.4 Å². The molecule has 0 bridgehead atoms. The van der Waals surface area contributed by atoms with E-state index in [2.05, 4.69) is 4.98 Å². The van der Waals surface area contributed by atoms with Gasteiger partial charge < -0.3 is 9.47 Å². The second-order valence-electron chi connectivity index (χ2n) is 9.03. The molecule has 33 heavy (non-hydrogen) atoms. The lowest BCUT2D eigenvalue weighted by Crippen LogP contribution is -2.40. The molecule has 0 aliphatic carbocycles. The molecule has 3 aromatic rings. The maximum atomic E-state index is 13.3. The van der Waals surface area contributed by atoms with E-state index >= 15 is 0 Å². The predicted molar refractivity (Wildman–Crippen MR) is 125 cm³/mol. The van der Waals surface area contributed by atoms with E-state index in [4.69, 9.17) is 0 Å². The molecule has 1 aromatic heterocycles. The van der Waals surface area contributed by atoms with Crippen molar-refractivity contribution in [1.29, 1.82) is 0 Å². The number of sulfonamides is 1. The minimum atomic E-state index is -3.94. The van der Waals surface area contributed by atoms with Gasteiger partial charge in [0.2, 0.25) is 27.8 Å². The van der Waals surface area contributed by atoms with Crippen LogP contribution < -0.4 is 9.80 Å². The molecule has 0 saturated carbocycles. The van der Waals surface area contributed by atoms with Crippen molar-refractivity contribution in [3.63, 3.8) is 0 Å². The fourth-order valence-corrected chi connectivity index (χ4v) is 5.83. The minimum Gasteiger partial charge on any atom is -0.314 e. The lowest BCUT2D eigenvalue weighted by atomic mass is 9.86. The Morgan fingerprint density at radius 3 is 2.64 bits per heavy atom. The highest BCUT2D eigenvalue weighted by atomic mass is 32.2. The van der Waals surface area contributed by atoms with Crippen LogP contribution in [-0.4, -0.2) is 61.3 Å². The number of benzene rings is 2. The summed E-state index contributed by atoms with van der Waals surface area (Å²) in [6.45, 7) is 4.30. The molecular formula is C23H25N5O4S. The van der Waals surface area contributed by atoms with E-state index in [1.807, 2.05) is 28.8 Å². The summed E-state index contributed by atoms with van der Waals surface area (Å²) in [4.78, 5) is 33.3. The summed E-state index contributed by atoms with van der Waals surface area (Å²) in [6, 6.07) is 12.3. The Kier molecular flexibility index (Phi) is 4.67. The van der Waals surface area contributed by atoms with Crippen LogP contribution in [0.15, 0.2) is 47.4 Å². The summed E-state index contributed by atoms with van der Waals surface area (Å²) in [5.74, 6) is 0.104. The van der Waals surface area contributed by atoms with Crippen LogP contribution in [0.25, 0.3) is 11.0 Å². The molecule has 0 spiro atoms. The van der Waals surface area contributed by atoms with Crippen molar-refractivity contribution in [2.45, 2.75) is 30.7 Å². The summed E-state index contributed by atoms with van der Waals surface area (Å²) >= 11 is 0. The average molecular weight is 468 g/mol. The SMILES string of the molecule is CN1C(=O)C(C)(C)c2cc(S(=O)(=O)N(C)CC(=O)N3CCn4c3nc3ccccc34)ccc21. The highest BCUT2D eigenvalue weighted by Gasteiger charge is 2.43. The number of amides is 2. The first-order valence-corrected chi connectivity index (χ1v) is 12.1. The van der Waals surface area contributed by atoms with Gasteiger partial charge in [-0.25, -0.2) is 13.4 Å². The van der Waals surface area contributed by atoms with Crippen molar-refractivity contribution in [2.75, 3.05) is 37.0 Å². The van der Waals surface area contributed by atoms with Gasteiger partial charge in [-0.2, -0.15) is 4.31 Å². The molecule has 2 aliphatic rings. The Labute approximate surface area is 192 Å². The molecule has 10 heteroatoms. The van der Waals surface area contributed by atoms with Crippen LogP contribution in [0.1, 0.15) is 19.4 Å². The summed E-state index contributed by atoms with van der Waals surface area (Å²) in [7, 11) is -0.874. The van der Waals surface area contributed by atoms with E-state index in [0.717, 1.165) is 15.3 Å². The molecule has 5 rings (SSSR count). The molecule has 9 nitrogen and oxygen atoms in total. The second kappa shape index (κ2) is 7.13. The number of aromatic nitrogens is 2. The lowest BCUT2D eigenvalue weighted by molar-refractivity contribution is -0.121. The first kappa shape index (κ1) is 21.6. The highest BCUT2D eigenvalue weighted by Crippen LogP contribution is 2.42. The van der Waals surface area contributed by atoms with Crippen LogP contribution in [0.5, 0.6) is 0 Å². The summed E-state index contributed by atoms with van der Waals surface area (Å²) < 4.78 is 29.6. The third kappa shape index (κ3) is 3.08. The maximum absolute atomic E-state index is 13.3. The number of imidazole rings is 1. The Bertz CT molecular complexity index is 1430. The van der Waals surface area contributed by atoms with Crippen LogP contribution in [0.4, 0.5) is 11.6 Å². The molecule has 2 aromatic carbocycles. The van der Waals surface area contributed by atoms with Gasteiger partial charge in [-0.1, -0.05) is 12.1 Å². The van der Waals surface area contributed by atoms with Crippen LogP contribution in [0.2, 0.25) is 0 Å². The summed E-state index contributed by atoms with van der Waals surface area (Å²) in [6.07, 6.45) is 0. The Balaban J connectivity index is 1.40. The molecule has 0 N–H and O–H groups in total. The number of likely N-dealkylation sites (N-methyl/N-ethyl adjacent to an activating group) is 2. The third-order valence-electron chi connectivity index (χ3n) is 6.63. The number of fused-ring (bicyclic) bond motifs is 4. The van der Waals surface area contributed by atoms with Crippen LogP contribution in [0, 0.1) is 0 Å². The van der Waals surface area contributed by atoms with Gasteiger partial charge in [-0.15, -0.1) is 0 Å². The van der Waals surface area contributed by atoms with Gasteiger partial charge in [0.1, 0.15) is 0 Å². The van der Waals surface area contributed by atoms with Crippen LogP contribution in [-0.2, 0) is 31.6 Å². The number of hydrogen-bond donors (Lipinski definition) is 0. The third-order valence-corrected chi connectivity index (χ3v) is 8.43. The van der Waals surface area contributed by atoms with Gasteiger partial charge >= 0.3 is 0 Å². The van der Waals surface area contributed by atoms with Crippen LogP contribution >= 0.6 is 0 Å². The van der Waals surface area contributed by atoms with Gasteiger partial charge in [-0.05, 0) is 49.7 Å². The monoisotopic (exact) mass is 467 g/mol. The Hall–Kier alpha value is -3.24. The van der Waals surface area contributed by atoms with Crippen molar-refractivity contribution < 1.29 is 18.0 Å². The average Bonchev–Trinajstić information content (AvgIpc) is 3.40. The van der Waals surface area contributed by atoms with Gasteiger partial charge in [0.15, 0.2) is 0 Å². The number of hydrogen-bond acceptors (Lipinski definition) is 5. The summed E-state index contributed by atoms with van der Waals surface area (Å²) in [5, 5.41) is 0. The molecule has 172 valence electrons.